The molecular weight excluding hydrogens is 339 g/mol. The van der Waals surface area contributed by atoms with Crippen molar-refractivity contribution in [2.75, 3.05) is 0 Å². The van der Waals surface area contributed by atoms with Gasteiger partial charge in [-0.1, -0.05) is 35.9 Å². The van der Waals surface area contributed by atoms with E-state index < -0.39 is 5.82 Å². The maximum atomic E-state index is 13.3. The van der Waals surface area contributed by atoms with E-state index in [1.165, 1.54) is 6.07 Å². The third kappa shape index (κ3) is 2.85. The van der Waals surface area contributed by atoms with Crippen molar-refractivity contribution in [3.05, 3.63) is 99.7 Å². The van der Waals surface area contributed by atoms with E-state index in [1.807, 2.05) is 53.2 Å². The van der Waals surface area contributed by atoms with Gasteiger partial charge in [-0.15, -0.1) is 0 Å². The third-order valence-electron chi connectivity index (χ3n) is 4.18. The predicted octanol–water partition coefficient (Wildman–Crippen LogP) is 4.63. The van der Waals surface area contributed by atoms with Crippen LogP contribution < -0.4 is 5.56 Å². The first-order chi connectivity index (χ1) is 12.1. The van der Waals surface area contributed by atoms with E-state index >= 15 is 0 Å². The van der Waals surface area contributed by atoms with Crippen LogP contribution in [0.3, 0.4) is 0 Å². The van der Waals surface area contributed by atoms with Gasteiger partial charge in [-0.2, -0.15) is 0 Å². The highest BCUT2D eigenvalue weighted by Gasteiger charge is 2.10. The third-order valence-corrected chi connectivity index (χ3v) is 4.47. The highest BCUT2D eigenvalue weighted by atomic mass is 35.5. The summed E-state index contributed by atoms with van der Waals surface area (Å²) in [6.45, 7) is 0.538. The van der Waals surface area contributed by atoms with E-state index in [-0.39, 0.29) is 10.6 Å². The number of benzene rings is 2. The van der Waals surface area contributed by atoms with Crippen LogP contribution in [-0.4, -0.2) is 9.13 Å². The number of halogens is 2. The van der Waals surface area contributed by atoms with Gasteiger partial charge in [-0.3, -0.25) is 9.36 Å². The van der Waals surface area contributed by atoms with Crippen LogP contribution in [0.2, 0.25) is 5.02 Å². The summed E-state index contributed by atoms with van der Waals surface area (Å²) in [4.78, 5) is 12.4. The minimum Gasteiger partial charge on any atom is -0.342 e. The molecule has 0 atom stereocenters. The lowest BCUT2D eigenvalue weighted by molar-refractivity contribution is 0.627. The normalized spacial score (nSPS) is 11.1. The number of rotatable bonds is 3. The summed E-state index contributed by atoms with van der Waals surface area (Å²) in [6.07, 6.45) is 1.92. The number of fused-ring (bicyclic) bond motifs is 1. The Morgan fingerprint density at radius 3 is 2.48 bits per heavy atom. The predicted molar refractivity (Wildman–Crippen MR) is 98.0 cm³/mol. The zero-order valence-corrected chi connectivity index (χ0v) is 13.9. The molecule has 0 amide bonds. The number of pyridine rings is 1. The molecule has 0 unspecified atom stereocenters. The molecule has 2 aromatic heterocycles. The first-order valence-corrected chi connectivity index (χ1v) is 8.21. The second kappa shape index (κ2) is 6.22. The van der Waals surface area contributed by atoms with Crippen molar-refractivity contribution in [3.63, 3.8) is 0 Å². The Bertz CT molecular complexity index is 1120. The maximum absolute atomic E-state index is 13.3. The average Bonchev–Trinajstić information content (AvgIpc) is 3.01. The molecule has 3 nitrogen and oxygen atoms in total. The molecule has 0 aliphatic heterocycles. The molecule has 0 fully saturated rings. The summed E-state index contributed by atoms with van der Waals surface area (Å²) in [6, 6.07) is 19.5. The molecule has 4 rings (SSSR count). The van der Waals surface area contributed by atoms with E-state index in [4.69, 9.17) is 11.6 Å². The van der Waals surface area contributed by atoms with Crippen molar-refractivity contribution in [1.29, 1.82) is 0 Å². The van der Waals surface area contributed by atoms with Gasteiger partial charge in [0.2, 0.25) is 0 Å². The van der Waals surface area contributed by atoms with Gasteiger partial charge in [-0.05, 0) is 42.0 Å². The minimum atomic E-state index is -0.430. The van der Waals surface area contributed by atoms with Crippen molar-refractivity contribution in [3.8, 4) is 5.69 Å². The molecule has 0 saturated heterocycles. The summed E-state index contributed by atoms with van der Waals surface area (Å²) in [5, 5.41) is 0.107. The van der Waals surface area contributed by atoms with Gasteiger partial charge < -0.3 is 4.57 Å². The van der Waals surface area contributed by atoms with Crippen molar-refractivity contribution in [1.82, 2.24) is 9.13 Å². The molecule has 0 aliphatic carbocycles. The first-order valence-electron chi connectivity index (χ1n) is 7.84. The van der Waals surface area contributed by atoms with Crippen LogP contribution in [0.15, 0.2) is 77.7 Å². The van der Waals surface area contributed by atoms with Crippen molar-refractivity contribution >= 4 is 22.6 Å². The second-order valence-electron chi connectivity index (χ2n) is 5.81. The van der Waals surface area contributed by atoms with E-state index in [9.17, 15) is 9.18 Å². The van der Waals surface area contributed by atoms with Crippen LogP contribution in [0, 0.1) is 5.82 Å². The zero-order chi connectivity index (χ0) is 17.4. The SMILES string of the molecule is O=c1ccc2c(ccn2Cc2ccc(F)c(Cl)c2)n1-c1ccccc1. The fraction of sp³-hybridized carbons (Fsp3) is 0.0500. The number of hydrogen-bond acceptors (Lipinski definition) is 1. The van der Waals surface area contributed by atoms with Crippen LogP contribution in [0.25, 0.3) is 16.7 Å². The molecule has 0 bridgehead atoms. The molecular formula is C20H14ClFN2O. The quantitative estimate of drug-likeness (QED) is 0.528. The minimum absolute atomic E-state index is 0.0822. The second-order valence-corrected chi connectivity index (χ2v) is 6.21. The number of aromatic nitrogens is 2. The van der Waals surface area contributed by atoms with Crippen LogP contribution in [-0.2, 0) is 6.54 Å². The molecule has 25 heavy (non-hydrogen) atoms. The molecule has 0 aliphatic rings. The molecule has 5 heteroatoms. The Kier molecular flexibility index (Phi) is 3.90. The summed E-state index contributed by atoms with van der Waals surface area (Å²) in [5.41, 5.74) is 3.37. The molecule has 0 saturated carbocycles. The molecule has 4 aromatic rings. The number of hydrogen-bond donors (Lipinski definition) is 0. The Morgan fingerprint density at radius 1 is 0.920 bits per heavy atom. The van der Waals surface area contributed by atoms with Crippen LogP contribution in [0.4, 0.5) is 4.39 Å². The van der Waals surface area contributed by atoms with E-state index in [1.54, 1.807) is 22.8 Å². The molecule has 0 spiro atoms. The van der Waals surface area contributed by atoms with Gasteiger partial charge in [0.15, 0.2) is 0 Å². The lowest BCUT2D eigenvalue weighted by atomic mass is 10.2. The molecule has 2 aromatic carbocycles. The fourth-order valence-corrected chi connectivity index (χ4v) is 3.21. The van der Waals surface area contributed by atoms with Crippen LogP contribution in [0.5, 0.6) is 0 Å². The van der Waals surface area contributed by atoms with E-state index in [0.29, 0.717) is 6.54 Å². The number of para-hydroxylation sites is 1. The topological polar surface area (TPSA) is 26.9 Å². The molecule has 2 heterocycles. The largest absolute Gasteiger partial charge is 0.342 e. The highest BCUT2D eigenvalue weighted by Crippen LogP contribution is 2.21. The summed E-state index contributed by atoms with van der Waals surface area (Å²) >= 11 is 5.87. The Hall–Kier alpha value is -2.85. The Balaban J connectivity index is 1.82. The van der Waals surface area contributed by atoms with Crippen molar-refractivity contribution in [2.45, 2.75) is 6.54 Å². The van der Waals surface area contributed by atoms with Gasteiger partial charge >= 0.3 is 0 Å². The van der Waals surface area contributed by atoms with Crippen molar-refractivity contribution < 1.29 is 4.39 Å². The smallest absolute Gasteiger partial charge is 0.255 e. The maximum Gasteiger partial charge on any atom is 0.255 e. The number of nitrogens with zero attached hydrogens (tertiary/aromatic N) is 2. The lowest BCUT2D eigenvalue weighted by Crippen LogP contribution is -2.17. The summed E-state index contributed by atoms with van der Waals surface area (Å²) in [5.74, 6) is -0.430. The highest BCUT2D eigenvalue weighted by molar-refractivity contribution is 6.30. The first kappa shape index (κ1) is 15.7. The Labute approximate surface area is 148 Å². The van der Waals surface area contributed by atoms with Gasteiger partial charge in [-0.25, -0.2) is 4.39 Å². The lowest BCUT2D eigenvalue weighted by Gasteiger charge is -2.10. The summed E-state index contributed by atoms with van der Waals surface area (Å²) in [7, 11) is 0. The van der Waals surface area contributed by atoms with Crippen LogP contribution >= 0.6 is 11.6 Å². The molecule has 0 radical (unpaired) electrons. The standard InChI is InChI=1S/C20H14ClFN2O/c21-16-12-14(6-7-17(16)22)13-23-11-10-19-18(23)8-9-20(25)24(19)15-4-2-1-3-5-15/h1-12H,13H2. The van der Waals surface area contributed by atoms with Gasteiger partial charge in [0.1, 0.15) is 5.82 Å². The summed E-state index contributed by atoms with van der Waals surface area (Å²) < 4.78 is 17.0. The zero-order valence-electron chi connectivity index (χ0n) is 13.2. The monoisotopic (exact) mass is 352 g/mol. The molecule has 124 valence electrons. The average molecular weight is 353 g/mol. The van der Waals surface area contributed by atoms with Crippen molar-refractivity contribution in [2.24, 2.45) is 0 Å². The fourth-order valence-electron chi connectivity index (χ4n) is 3.00. The molecule has 0 N–H and O–H groups in total. The van der Waals surface area contributed by atoms with Gasteiger partial charge in [0.25, 0.3) is 5.56 Å². The van der Waals surface area contributed by atoms with E-state index in [2.05, 4.69) is 0 Å². The van der Waals surface area contributed by atoms with E-state index in [0.717, 1.165) is 22.3 Å². The van der Waals surface area contributed by atoms with Gasteiger partial charge in [0, 0.05) is 24.5 Å². The van der Waals surface area contributed by atoms with Crippen LogP contribution in [0.1, 0.15) is 5.56 Å². The van der Waals surface area contributed by atoms with Gasteiger partial charge in [0.05, 0.1) is 16.1 Å². The Morgan fingerprint density at radius 2 is 1.72 bits per heavy atom.